The van der Waals surface area contributed by atoms with E-state index in [4.69, 9.17) is 15.4 Å². The molecule has 0 aliphatic carbocycles. The number of nitrogens with one attached hydrogen (secondary N) is 1. The third kappa shape index (κ3) is 2.56. The van der Waals surface area contributed by atoms with Gasteiger partial charge in [-0.25, -0.2) is 8.42 Å². The predicted molar refractivity (Wildman–Crippen MR) is 68.1 cm³/mol. The van der Waals surface area contributed by atoms with E-state index >= 15 is 0 Å². The molecule has 0 saturated heterocycles. The lowest BCUT2D eigenvalue weighted by atomic mass is 10.1. The van der Waals surface area contributed by atoms with Crippen LogP contribution in [0.25, 0.3) is 10.9 Å². The molecule has 0 saturated carbocycles. The summed E-state index contributed by atoms with van der Waals surface area (Å²) in [5, 5.41) is 0.944. The quantitative estimate of drug-likeness (QED) is 0.875. The van der Waals surface area contributed by atoms with E-state index in [-0.39, 0.29) is 5.75 Å². The number of aromatic amines is 1. The van der Waals surface area contributed by atoms with Crippen molar-refractivity contribution in [3.63, 3.8) is 0 Å². The van der Waals surface area contributed by atoms with Crippen LogP contribution in [0.15, 0.2) is 18.3 Å². The van der Waals surface area contributed by atoms with Crippen molar-refractivity contribution in [3.8, 4) is 5.75 Å². The fourth-order valence-corrected chi connectivity index (χ4v) is 2.78. The third-order valence-electron chi connectivity index (χ3n) is 2.58. The summed E-state index contributed by atoms with van der Waals surface area (Å²) in [6.45, 7) is 1.94. The van der Waals surface area contributed by atoms with Crippen LogP contribution in [-0.2, 0) is 14.8 Å². The largest absolute Gasteiger partial charge is 0.495 e. The number of aryl methyl sites for hydroxylation is 1. The zero-order valence-electron chi connectivity index (χ0n) is 9.45. The van der Waals surface area contributed by atoms with Gasteiger partial charge in [0.1, 0.15) is 5.75 Å². The van der Waals surface area contributed by atoms with Crippen LogP contribution in [0.5, 0.6) is 5.75 Å². The first-order chi connectivity index (χ1) is 7.90. The second-order valence-corrected chi connectivity index (χ2v) is 6.65. The van der Waals surface area contributed by atoms with Crippen LogP contribution in [0.4, 0.5) is 0 Å². The maximum absolute atomic E-state index is 11.1. The molecule has 0 amide bonds. The molecule has 4 nitrogen and oxygen atoms in total. The Kier molecular flexibility index (Phi) is 3.05. The van der Waals surface area contributed by atoms with Gasteiger partial charge in [0.2, 0.25) is 9.05 Å². The van der Waals surface area contributed by atoms with Crippen LogP contribution in [0.2, 0.25) is 0 Å². The molecule has 1 aromatic carbocycles. The van der Waals surface area contributed by atoms with Gasteiger partial charge in [0.15, 0.2) is 0 Å². The molecule has 0 aliphatic heterocycles. The normalized spacial score (nSPS) is 11.9. The van der Waals surface area contributed by atoms with E-state index in [0.717, 1.165) is 16.5 Å². The summed E-state index contributed by atoms with van der Waals surface area (Å²) in [5.41, 5.74) is 2.51. The van der Waals surface area contributed by atoms with Crippen LogP contribution in [0, 0.1) is 6.92 Å². The zero-order chi connectivity index (χ0) is 12.6. The first-order valence-corrected chi connectivity index (χ1v) is 7.45. The lowest BCUT2D eigenvalue weighted by molar-refractivity contribution is 0.418. The maximum atomic E-state index is 11.1. The topological polar surface area (TPSA) is 59.2 Å². The maximum Gasteiger partial charge on any atom is 0.236 e. The van der Waals surface area contributed by atoms with Crippen molar-refractivity contribution in [3.05, 3.63) is 29.5 Å². The molecule has 0 fully saturated rings. The summed E-state index contributed by atoms with van der Waals surface area (Å²) in [7, 11) is 3.24. The average Bonchev–Trinajstić information content (AvgIpc) is 2.57. The number of rotatable bonds is 3. The number of aromatic nitrogens is 1. The minimum absolute atomic E-state index is 0.203. The Balaban J connectivity index is 2.62. The lowest BCUT2D eigenvalue weighted by Crippen LogP contribution is -1.96. The lowest BCUT2D eigenvalue weighted by Gasteiger charge is -2.05. The summed E-state index contributed by atoms with van der Waals surface area (Å²) in [4.78, 5) is 3.09. The number of hydrogen-bond acceptors (Lipinski definition) is 3. The highest BCUT2D eigenvalue weighted by Gasteiger charge is 2.12. The van der Waals surface area contributed by atoms with Crippen molar-refractivity contribution < 1.29 is 13.2 Å². The van der Waals surface area contributed by atoms with Gasteiger partial charge in [0.25, 0.3) is 0 Å². The van der Waals surface area contributed by atoms with Gasteiger partial charge in [0.05, 0.1) is 18.4 Å². The summed E-state index contributed by atoms with van der Waals surface area (Å²) in [5.74, 6) is 0.414. The fourth-order valence-electron chi connectivity index (χ4n) is 1.83. The Labute approximate surface area is 104 Å². The standard InChI is InChI=1S/C11H12ClNO3S/c1-7-5-13-11-9(7)3-8(4-10(11)16-2)6-17(12,14)15/h3-5,13H,6H2,1-2H3. The molecule has 0 bridgehead atoms. The van der Waals surface area contributed by atoms with E-state index in [1.54, 1.807) is 13.2 Å². The van der Waals surface area contributed by atoms with Gasteiger partial charge in [-0.3, -0.25) is 0 Å². The second kappa shape index (κ2) is 4.23. The number of methoxy groups -OCH3 is 1. The molecule has 2 aromatic rings. The zero-order valence-corrected chi connectivity index (χ0v) is 11.0. The fraction of sp³-hybridized carbons (Fsp3) is 0.273. The van der Waals surface area contributed by atoms with E-state index in [2.05, 4.69) is 4.98 Å². The van der Waals surface area contributed by atoms with Crippen LogP contribution < -0.4 is 4.74 Å². The van der Waals surface area contributed by atoms with E-state index in [0.29, 0.717) is 11.3 Å². The monoisotopic (exact) mass is 273 g/mol. The molecule has 17 heavy (non-hydrogen) atoms. The number of benzene rings is 1. The summed E-state index contributed by atoms with van der Waals surface area (Å²) >= 11 is 0. The SMILES string of the molecule is COc1cc(CS(=O)(=O)Cl)cc2c(C)c[nH]c12. The Morgan fingerprint density at radius 3 is 2.71 bits per heavy atom. The highest BCUT2D eigenvalue weighted by atomic mass is 35.7. The van der Waals surface area contributed by atoms with Gasteiger partial charge in [0, 0.05) is 22.3 Å². The molecule has 92 valence electrons. The Morgan fingerprint density at radius 2 is 2.12 bits per heavy atom. The Morgan fingerprint density at radius 1 is 1.41 bits per heavy atom. The van der Waals surface area contributed by atoms with Gasteiger partial charge in [-0.15, -0.1) is 0 Å². The minimum atomic E-state index is -3.56. The third-order valence-corrected chi connectivity index (χ3v) is 3.58. The predicted octanol–water partition coefficient (Wildman–Crippen LogP) is 2.55. The summed E-state index contributed by atoms with van der Waals surface area (Å²) in [6.07, 6.45) is 1.85. The van der Waals surface area contributed by atoms with Crippen molar-refractivity contribution in [1.29, 1.82) is 0 Å². The Hall–Kier alpha value is -1.20. The molecule has 1 N–H and O–H groups in total. The molecule has 0 spiro atoms. The highest BCUT2D eigenvalue weighted by Crippen LogP contribution is 2.29. The Bertz CT molecular complexity index is 661. The molecule has 0 atom stereocenters. The van der Waals surface area contributed by atoms with Gasteiger partial charge < -0.3 is 9.72 Å². The molecule has 2 rings (SSSR count). The number of ether oxygens (including phenoxy) is 1. The van der Waals surface area contributed by atoms with Crippen molar-refractivity contribution in [2.75, 3.05) is 7.11 Å². The van der Waals surface area contributed by atoms with Gasteiger partial charge in [-0.2, -0.15) is 0 Å². The first-order valence-electron chi connectivity index (χ1n) is 4.97. The molecular formula is C11H12ClNO3S. The second-order valence-electron chi connectivity index (χ2n) is 3.88. The van der Waals surface area contributed by atoms with E-state index < -0.39 is 9.05 Å². The van der Waals surface area contributed by atoms with Crippen LogP contribution in [-0.4, -0.2) is 20.5 Å². The van der Waals surface area contributed by atoms with E-state index in [1.807, 2.05) is 19.2 Å². The van der Waals surface area contributed by atoms with Gasteiger partial charge in [-0.05, 0) is 30.2 Å². The molecule has 6 heteroatoms. The number of H-pyrrole nitrogens is 1. The average molecular weight is 274 g/mol. The molecule has 0 radical (unpaired) electrons. The summed E-state index contributed by atoms with van der Waals surface area (Å²) in [6, 6.07) is 3.49. The first kappa shape index (κ1) is 12.3. The van der Waals surface area contributed by atoms with Crippen LogP contribution in [0.1, 0.15) is 11.1 Å². The molecule has 1 heterocycles. The molecule has 1 aromatic heterocycles. The number of hydrogen-bond donors (Lipinski definition) is 1. The minimum Gasteiger partial charge on any atom is -0.495 e. The highest BCUT2D eigenvalue weighted by molar-refractivity contribution is 8.13. The number of halogens is 1. The molecule has 0 aliphatic rings. The van der Waals surface area contributed by atoms with Crippen molar-refractivity contribution in [2.24, 2.45) is 0 Å². The van der Waals surface area contributed by atoms with Crippen molar-refractivity contribution in [1.82, 2.24) is 4.98 Å². The smallest absolute Gasteiger partial charge is 0.236 e. The summed E-state index contributed by atoms with van der Waals surface area (Å²) < 4.78 is 27.4. The van der Waals surface area contributed by atoms with Crippen LogP contribution >= 0.6 is 10.7 Å². The molecule has 0 unspecified atom stereocenters. The van der Waals surface area contributed by atoms with Gasteiger partial charge in [-0.1, -0.05) is 0 Å². The van der Waals surface area contributed by atoms with Crippen molar-refractivity contribution in [2.45, 2.75) is 12.7 Å². The molecular weight excluding hydrogens is 262 g/mol. The van der Waals surface area contributed by atoms with E-state index in [1.165, 1.54) is 0 Å². The van der Waals surface area contributed by atoms with Crippen molar-refractivity contribution >= 4 is 30.6 Å². The number of fused-ring (bicyclic) bond motifs is 1. The van der Waals surface area contributed by atoms with Gasteiger partial charge >= 0.3 is 0 Å². The van der Waals surface area contributed by atoms with E-state index in [9.17, 15) is 8.42 Å². The van der Waals surface area contributed by atoms with Crippen LogP contribution in [0.3, 0.4) is 0 Å².